The standard InChI is InChI=1S/C21H20FIN2O/c22-16-1-2-19-18(10-16)17(3-4-24-19)15-8-13-5-12(6-14(13)9-15)7-20(25-23)21-11-26-21/h1-5,10,13-15,25H,6-9,11H2/b21-20+/t13?,14?,15-/m1/s1. The maximum atomic E-state index is 13.8. The molecule has 2 aromatic rings. The number of hydrogen-bond acceptors (Lipinski definition) is 3. The Morgan fingerprint density at radius 2 is 2.19 bits per heavy atom. The molecule has 3 aliphatic rings. The minimum absolute atomic E-state index is 0.179. The van der Waals surface area contributed by atoms with Gasteiger partial charge in [0.2, 0.25) is 0 Å². The lowest BCUT2D eigenvalue weighted by atomic mass is 9.91. The van der Waals surface area contributed by atoms with Gasteiger partial charge in [-0.1, -0.05) is 11.6 Å². The predicted octanol–water partition coefficient (Wildman–Crippen LogP) is 5.39. The molecule has 1 aliphatic heterocycles. The normalized spacial score (nSPS) is 28.5. The third-order valence-corrected chi connectivity index (χ3v) is 6.69. The van der Waals surface area contributed by atoms with Crippen molar-refractivity contribution in [1.82, 2.24) is 8.51 Å². The number of pyridine rings is 1. The second-order valence-electron chi connectivity index (χ2n) is 7.64. The molecule has 2 fully saturated rings. The Labute approximate surface area is 166 Å². The van der Waals surface area contributed by atoms with Gasteiger partial charge in [0.25, 0.3) is 0 Å². The Bertz CT molecular complexity index is 933. The molecule has 26 heavy (non-hydrogen) atoms. The third-order valence-electron chi connectivity index (χ3n) is 6.04. The van der Waals surface area contributed by atoms with Crippen molar-refractivity contribution < 1.29 is 9.13 Å². The first-order valence-corrected chi connectivity index (χ1v) is 10.2. The number of epoxide rings is 1. The summed E-state index contributed by atoms with van der Waals surface area (Å²) in [5, 5.41) is 0.980. The summed E-state index contributed by atoms with van der Waals surface area (Å²) in [5.41, 5.74) is 4.92. The summed E-state index contributed by atoms with van der Waals surface area (Å²) in [4.78, 5) is 4.40. The van der Waals surface area contributed by atoms with Crippen molar-refractivity contribution in [2.24, 2.45) is 11.8 Å². The molecule has 1 saturated carbocycles. The molecule has 0 radical (unpaired) electrons. The van der Waals surface area contributed by atoms with Crippen molar-refractivity contribution in [1.29, 1.82) is 0 Å². The fourth-order valence-corrected chi connectivity index (χ4v) is 5.30. The smallest absolute Gasteiger partial charge is 0.154 e. The van der Waals surface area contributed by atoms with Crippen LogP contribution in [0.3, 0.4) is 0 Å². The van der Waals surface area contributed by atoms with Crippen LogP contribution in [0.1, 0.15) is 37.2 Å². The lowest BCUT2D eigenvalue weighted by Crippen LogP contribution is -2.02. The molecule has 1 aromatic carbocycles. The number of fused-ring (bicyclic) bond motifs is 2. The molecule has 3 atom stereocenters. The van der Waals surface area contributed by atoms with E-state index in [4.69, 9.17) is 4.74 Å². The van der Waals surface area contributed by atoms with Crippen LogP contribution in [-0.2, 0) is 4.74 Å². The number of nitrogens with zero attached hydrogens (tertiary/aromatic N) is 1. The second kappa shape index (κ2) is 6.51. The van der Waals surface area contributed by atoms with E-state index in [1.807, 2.05) is 6.20 Å². The molecule has 134 valence electrons. The zero-order chi connectivity index (χ0) is 17.7. The van der Waals surface area contributed by atoms with Crippen LogP contribution in [0.15, 0.2) is 53.6 Å². The van der Waals surface area contributed by atoms with Crippen molar-refractivity contribution in [3.8, 4) is 0 Å². The number of nitrogens with one attached hydrogen (secondary N) is 1. The largest absolute Gasteiger partial charge is 0.484 e. The third kappa shape index (κ3) is 3.00. The van der Waals surface area contributed by atoms with Crippen LogP contribution >= 0.6 is 22.9 Å². The van der Waals surface area contributed by atoms with Gasteiger partial charge in [0.15, 0.2) is 5.76 Å². The van der Waals surface area contributed by atoms with E-state index in [-0.39, 0.29) is 5.82 Å². The molecule has 3 nitrogen and oxygen atoms in total. The quantitative estimate of drug-likeness (QED) is 0.287. The van der Waals surface area contributed by atoms with Gasteiger partial charge in [-0.15, -0.1) is 0 Å². The Morgan fingerprint density at radius 3 is 2.96 bits per heavy atom. The van der Waals surface area contributed by atoms with Gasteiger partial charge in [0.1, 0.15) is 12.4 Å². The van der Waals surface area contributed by atoms with Crippen molar-refractivity contribution in [3.05, 3.63) is 64.9 Å². The summed E-state index contributed by atoms with van der Waals surface area (Å²) in [6, 6.07) is 7.01. The predicted molar refractivity (Wildman–Crippen MR) is 108 cm³/mol. The second-order valence-corrected chi connectivity index (χ2v) is 8.18. The summed E-state index contributed by atoms with van der Waals surface area (Å²) in [7, 11) is 0. The molecule has 0 spiro atoms. The molecule has 2 aliphatic carbocycles. The number of benzene rings is 1. The molecule has 5 heteroatoms. The molecule has 2 heterocycles. The van der Waals surface area contributed by atoms with Crippen molar-refractivity contribution >= 4 is 33.8 Å². The Morgan fingerprint density at radius 1 is 1.31 bits per heavy atom. The van der Waals surface area contributed by atoms with Crippen LogP contribution in [-0.4, -0.2) is 11.6 Å². The molecule has 1 saturated heterocycles. The Hall–Kier alpha value is -1.63. The lowest BCUT2D eigenvalue weighted by molar-refractivity contribution is 0.487. The van der Waals surface area contributed by atoms with Gasteiger partial charge < -0.3 is 8.27 Å². The fraction of sp³-hybridized carbons (Fsp3) is 0.381. The van der Waals surface area contributed by atoms with Crippen LogP contribution in [0.2, 0.25) is 0 Å². The van der Waals surface area contributed by atoms with E-state index in [0.29, 0.717) is 17.8 Å². The van der Waals surface area contributed by atoms with Gasteiger partial charge in [-0.3, -0.25) is 4.98 Å². The first-order valence-electron chi connectivity index (χ1n) is 9.16. The average molecular weight is 462 g/mol. The maximum Gasteiger partial charge on any atom is 0.154 e. The van der Waals surface area contributed by atoms with Gasteiger partial charge in [-0.25, -0.2) is 4.39 Å². The van der Waals surface area contributed by atoms with Crippen molar-refractivity contribution in [3.63, 3.8) is 0 Å². The minimum atomic E-state index is -0.179. The van der Waals surface area contributed by atoms with Gasteiger partial charge in [0.05, 0.1) is 34.1 Å². The number of halogens is 2. The van der Waals surface area contributed by atoms with Crippen LogP contribution in [0.25, 0.3) is 10.9 Å². The molecular formula is C21H20FIN2O. The van der Waals surface area contributed by atoms with E-state index in [2.05, 4.69) is 43.5 Å². The summed E-state index contributed by atoms with van der Waals surface area (Å²) in [5.74, 6) is 2.80. The van der Waals surface area contributed by atoms with Crippen LogP contribution in [0, 0.1) is 17.7 Å². The zero-order valence-corrected chi connectivity index (χ0v) is 16.5. The Kier molecular flexibility index (Phi) is 4.14. The highest BCUT2D eigenvalue weighted by Crippen LogP contribution is 2.51. The van der Waals surface area contributed by atoms with Crippen LogP contribution in [0.4, 0.5) is 4.39 Å². The molecule has 5 rings (SSSR count). The lowest BCUT2D eigenvalue weighted by Gasteiger charge is -2.15. The highest BCUT2D eigenvalue weighted by molar-refractivity contribution is 14.1. The number of ether oxygens (including phenoxy) is 1. The van der Waals surface area contributed by atoms with Crippen molar-refractivity contribution in [2.45, 2.75) is 31.6 Å². The number of aromatic nitrogens is 1. The summed E-state index contributed by atoms with van der Waals surface area (Å²) < 4.78 is 22.4. The van der Waals surface area contributed by atoms with E-state index in [9.17, 15) is 4.39 Å². The molecule has 0 amide bonds. The average Bonchev–Trinajstić information content (AvgIpc) is 3.30. The van der Waals surface area contributed by atoms with Crippen LogP contribution < -0.4 is 3.53 Å². The molecule has 0 bridgehead atoms. The van der Waals surface area contributed by atoms with Crippen LogP contribution in [0.5, 0.6) is 0 Å². The van der Waals surface area contributed by atoms with Gasteiger partial charge in [-0.05, 0) is 66.8 Å². The number of rotatable bonds is 4. The topological polar surface area (TPSA) is 37.5 Å². The molecule has 1 aromatic heterocycles. The van der Waals surface area contributed by atoms with E-state index < -0.39 is 0 Å². The first-order chi connectivity index (χ1) is 12.7. The maximum absolute atomic E-state index is 13.8. The van der Waals surface area contributed by atoms with E-state index in [1.165, 1.54) is 35.7 Å². The monoisotopic (exact) mass is 462 g/mol. The number of allylic oxidation sites excluding steroid dienone is 2. The van der Waals surface area contributed by atoms with Crippen molar-refractivity contribution in [2.75, 3.05) is 6.61 Å². The van der Waals surface area contributed by atoms with Gasteiger partial charge in [-0.2, -0.15) is 0 Å². The molecule has 2 unspecified atom stereocenters. The van der Waals surface area contributed by atoms with E-state index in [0.717, 1.165) is 36.1 Å². The SMILES string of the molecule is Fc1ccc2nccc([C@@H]3CC4C=C(C/C(NI)=C5/CO5)CC4C3)c2c1. The number of hydrogen-bond donors (Lipinski definition) is 1. The molecule has 1 N–H and O–H groups in total. The van der Waals surface area contributed by atoms with E-state index in [1.54, 1.807) is 12.1 Å². The first kappa shape index (κ1) is 16.5. The molecular weight excluding hydrogens is 442 g/mol. The highest BCUT2D eigenvalue weighted by atomic mass is 127. The van der Waals surface area contributed by atoms with E-state index >= 15 is 0 Å². The van der Waals surface area contributed by atoms with Gasteiger partial charge >= 0.3 is 0 Å². The van der Waals surface area contributed by atoms with Gasteiger partial charge in [0, 0.05) is 18.0 Å². The minimum Gasteiger partial charge on any atom is -0.484 e. The summed E-state index contributed by atoms with van der Waals surface area (Å²) >= 11 is 2.19. The summed E-state index contributed by atoms with van der Waals surface area (Å²) in [6.07, 6.45) is 8.86. The highest BCUT2D eigenvalue weighted by Gasteiger charge is 2.38. The fourth-order valence-electron chi connectivity index (χ4n) is 4.81. The Balaban J connectivity index is 1.36. The summed E-state index contributed by atoms with van der Waals surface area (Å²) in [6.45, 7) is 0.777. The zero-order valence-electron chi connectivity index (χ0n) is 14.3.